The summed E-state index contributed by atoms with van der Waals surface area (Å²) in [5, 5.41) is 17.3. The fourth-order valence-electron chi connectivity index (χ4n) is 1.80. The number of nitrogens with one attached hydrogen (secondary N) is 1. The normalized spacial score (nSPS) is 10.8. The smallest absolute Gasteiger partial charge is 0.338 e. The van der Waals surface area contributed by atoms with Crippen LogP contribution >= 0.6 is 11.3 Å². The van der Waals surface area contributed by atoms with Gasteiger partial charge in [0.15, 0.2) is 5.76 Å². The molecule has 2 aromatic rings. The first-order chi connectivity index (χ1) is 9.41. The Labute approximate surface area is 119 Å². The van der Waals surface area contributed by atoms with E-state index >= 15 is 0 Å². The first kappa shape index (κ1) is 14.3. The molecule has 1 amide bonds. The maximum atomic E-state index is 12.3. The first-order valence-corrected chi connectivity index (χ1v) is 6.88. The monoisotopic (exact) mass is 294 g/mol. The third-order valence-corrected chi connectivity index (χ3v) is 3.59. The number of carboxylic acids is 1. The molecule has 0 unspecified atom stereocenters. The van der Waals surface area contributed by atoms with E-state index in [9.17, 15) is 9.59 Å². The number of thiophene rings is 1. The maximum absolute atomic E-state index is 12.3. The largest absolute Gasteiger partial charge is 0.478 e. The van der Waals surface area contributed by atoms with Crippen molar-refractivity contribution < 1.29 is 19.2 Å². The number of hydrogen-bond donors (Lipinski definition) is 2. The van der Waals surface area contributed by atoms with Gasteiger partial charge in [-0.1, -0.05) is 19.0 Å². The molecule has 0 aromatic carbocycles. The minimum Gasteiger partial charge on any atom is -0.478 e. The molecular weight excluding hydrogens is 280 g/mol. The summed E-state index contributed by atoms with van der Waals surface area (Å²) in [6.07, 6.45) is 0. The highest BCUT2D eigenvalue weighted by molar-refractivity contribution is 7.14. The Morgan fingerprint density at radius 2 is 2.15 bits per heavy atom. The van der Waals surface area contributed by atoms with Gasteiger partial charge in [0.25, 0.3) is 5.91 Å². The molecule has 2 aromatic heterocycles. The maximum Gasteiger partial charge on any atom is 0.338 e. The average Bonchev–Trinajstić information content (AvgIpc) is 2.95. The van der Waals surface area contributed by atoms with E-state index in [0.717, 1.165) is 11.3 Å². The number of amides is 1. The highest BCUT2D eigenvalue weighted by atomic mass is 32.1. The van der Waals surface area contributed by atoms with Crippen LogP contribution in [0.3, 0.4) is 0 Å². The number of carbonyl (C=O) groups is 2. The lowest BCUT2D eigenvalue weighted by Gasteiger charge is -2.06. The molecule has 2 rings (SSSR count). The molecule has 0 aliphatic rings. The molecule has 0 spiro atoms. The van der Waals surface area contributed by atoms with Gasteiger partial charge < -0.3 is 14.9 Å². The van der Waals surface area contributed by atoms with Crippen LogP contribution in [0.15, 0.2) is 16.0 Å². The highest BCUT2D eigenvalue weighted by Crippen LogP contribution is 2.27. The number of anilines is 1. The second-order valence-electron chi connectivity index (χ2n) is 4.58. The van der Waals surface area contributed by atoms with E-state index in [4.69, 9.17) is 9.63 Å². The van der Waals surface area contributed by atoms with Crippen LogP contribution < -0.4 is 5.32 Å². The summed E-state index contributed by atoms with van der Waals surface area (Å²) >= 11 is 1.16. The van der Waals surface area contributed by atoms with Crippen LogP contribution in [-0.4, -0.2) is 22.1 Å². The van der Waals surface area contributed by atoms with Gasteiger partial charge in [-0.25, -0.2) is 4.79 Å². The molecule has 0 fully saturated rings. The van der Waals surface area contributed by atoms with Gasteiger partial charge in [-0.3, -0.25) is 4.79 Å². The first-order valence-electron chi connectivity index (χ1n) is 6.00. The standard InChI is InChI=1S/C13H14N2O4S/c1-6(2)10-9(7(3)15-19-10)11(16)14-12-8(13(17)18)4-5-20-12/h4-6H,1-3H3,(H,14,16)(H,17,18). The summed E-state index contributed by atoms with van der Waals surface area (Å²) in [7, 11) is 0. The van der Waals surface area contributed by atoms with Gasteiger partial charge >= 0.3 is 5.97 Å². The van der Waals surface area contributed by atoms with Crippen molar-refractivity contribution in [2.45, 2.75) is 26.7 Å². The fraction of sp³-hybridized carbons (Fsp3) is 0.308. The van der Waals surface area contributed by atoms with Crippen LogP contribution in [0.4, 0.5) is 5.00 Å². The molecule has 2 heterocycles. The van der Waals surface area contributed by atoms with Gasteiger partial charge in [-0.2, -0.15) is 0 Å². The Kier molecular flexibility index (Phi) is 3.89. The van der Waals surface area contributed by atoms with Crippen molar-refractivity contribution in [3.63, 3.8) is 0 Å². The summed E-state index contributed by atoms with van der Waals surface area (Å²) in [5.74, 6) is -0.974. The highest BCUT2D eigenvalue weighted by Gasteiger charge is 2.24. The molecule has 0 saturated carbocycles. The van der Waals surface area contributed by atoms with Gasteiger partial charge in [0.05, 0.1) is 11.3 Å². The molecule has 7 heteroatoms. The van der Waals surface area contributed by atoms with E-state index in [-0.39, 0.29) is 11.5 Å². The van der Waals surface area contributed by atoms with Crippen molar-refractivity contribution in [2.75, 3.05) is 5.32 Å². The SMILES string of the molecule is Cc1noc(C(C)C)c1C(=O)Nc1sccc1C(=O)O. The molecule has 0 radical (unpaired) electrons. The summed E-state index contributed by atoms with van der Waals surface area (Å²) < 4.78 is 5.15. The van der Waals surface area contributed by atoms with Crippen LogP contribution in [0.25, 0.3) is 0 Å². The molecule has 20 heavy (non-hydrogen) atoms. The van der Waals surface area contributed by atoms with Gasteiger partial charge in [0.2, 0.25) is 0 Å². The minimum absolute atomic E-state index is 0.0132. The Balaban J connectivity index is 2.31. The molecule has 0 aliphatic carbocycles. The molecular formula is C13H14N2O4S. The van der Waals surface area contributed by atoms with E-state index in [0.29, 0.717) is 22.0 Å². The molecule has 106 valence electrons. The lowest BCUT2D eigenvalue weighted by molar-refractivity contribution is 0.0698. The topological polar surface area (TPSA) is 92.4 Å². The van der Waals surface area contributed by atoms with Gasteiger partial charge in [0.1, 0.15) is 10.6 Å². The Bertz CT molecular complexity index is 657. The van der Waals surface area contributed by atoms with Crippen molar-refractivity contribution in [1.82, 2.24) is 5.16 Å². The van der Waals surface area contributed by atoms with Crippen LogP contribution in [-0.2, 0) is 0 Å². The number of nitrogens with zero attached hydrogens (tertiary/aromatic N) is 1. The molecule has 0 bridgehead atoms. The van der Waals surface area contributed by atoms with Crippen LogP contribution in [0.1, 0.15) is 51.9 Å². The van der Waals surface area contributed by atoms with Crippen LogP contribution in [0, 0.1) is 6.92 Å². The van der Waals surface area contributed by atoms with Gasteiger partial charge in [0, 0.05) is 5.92 Å². The minimum atomic E-state index is -1.08. The number of aryl methyl sites for hydroxylation is 1. The Hall–Kier alpha value is -2.15. The number of aromatic nitrogens is 1. The summed E-state index contributed by atoms with van der Waals surface area (Å²) in [4.78, 5) is 23.3. The predicted octanol–water partition coefficient (Wildman–Crippen LogP) is 3.12. The molecule has 0 atom stereocenters. The molecule has 0 aliphatic heterocycles. The fourth-order valence-corrected chi connectivity index (χ4v) is 2.57. The Morgan fingerprint density at radius 3 is 2.75 bits per heavy atom. The van der Waals surface area contributed by atoms with E-state index in [1.807, 2.05) is 13.8 Å². The third-order valence-electron chi connectivity index (χ3n) is 2.76. The second kappa shape index (κ2) is 5.46. The van der Waals surface area contributed by atoms with Crippen molar-refractivity contribution in [2.24, 2.45) is 0 Å². The van der Waals surface area contributed by atoms with Crippen molar-refractivity contribution in [1.29, 1.82) is 0 Å². The van der Waals surface area contributed by atoms with Crippen molar-refractivity contribution in [3.8, 4) is 0 Å². The van der Waals surface area contributed by atoms with Crippen LogP contribution in [0.5, 0.6) is 0 Å². The van der Waals surface area contributed by atoms with Crippen LogP contribution in [0.2, 0.25) is 0 Å². The van der Waals surface area contributed by atoms with Crippen molar-refractivity contribution >= 4 is 28.2 Å². The van der Waals surface area contributed by atoms with E-state index in [2.05, 4.69) is 10.5 Å². The zero-order chi connectivity index (χ0) is 14.9. The molecule has 2 N–H and O–H groups in total. The summed E-state index contributed by atoms with van der Waals surface area (Å²) in [5.41, 5.74) is 0.924. The number of aromatic carboxylic acids is 1. The number of carboxylic acid groups (broad SMARTS) is 1. The quantitative estimate of drug-likeness (QED) is 0.903. The molecule has 0 saturated heterocycles. The summed E-state index contributed by atoms with van der Waals surface area (Å²) in [6, 6.07) is 1.45. The van der Waals surface area contributed by atoms with E-state index in [1.165, 1.54) is 6.07 Å². The van der Waals surface area contributed by atoms with E-state index in [1.54, 1.807) is 12.3 Å². The van der Waals surface area contributed by atoms with Gasteiger partial charge in [-0.05, 0) is 18.4 Å². The van der Waals surface area contributed by atoms with E-state index < -0.39 is 11.9 Å². The summed E-state index contributed by atoms with van der Waals surface area (Å²) in [6.45, 7) is 5.46. The average molecular weight is 294 g/mol. The lowest BCUT2D eigenvalue weighted by atomic mass is 10.0. The third kappa shape index (κ3) is 2.57. The number of carbonyl (C=O) groups excluding carboxylic acids is 1. The predicted molar refractivity (Wildman–Crippen MR) is 74.6 cm³/mol. The number of rotatable bonds is 4. The molecule has 6 nitrogen and oxygen atoms in total. The number of hydrogen-bond acceptors (Lipinski definition) is 5. The lowest BCUT2D eigenvalue weighted by Crippen LogP contribution is -2.15. The Morgan fingerprint density at radius 1 is 1.45 bits per heavy atom. The zero-order valence-electron chi connectivity index (χ0n) is 11.3. The van der Waals surface area contributed by atoms with Crippen molar-refractivity contribution in [3.05, 3.63) is 34.0 Å². The second-order valence-corrected chi connectivity index (χ2v) is 5.50. The van der Waals surface area contributed by atoms with Gasteiger partial charge in [-0.15, -0.1) is 11.3 Å². The zero-order valence-corrected chi connectivity index (χ0v) is 12.1.